The second kappa shape index (κ2) is 4.75. The molecule has 0 aliphatic heterocycles. The van der Waals surface area contributed by atoms with Crippen molar-refractivity contribution in [3.8, 4) is 6.07 Å². The molecule has 1 atom stereocenters. The van der Waals surface area contributed by atoms with Gasteiger partial charge in [-0.2, -0.15) is 5.26 Å². The fraction of sp³-hybridized carbons (Fsp3) is 0.385. The number of carbonyl (C=O) groups excluding carboxylic acids is 1. The van der Waals surface area contributed by atoms with Crippen molar-refractivity contribution >= 4 is 5.78 Å². The van der Waals surface area contributed by atoms with E-state index in [0.29, 0.717) is 12.8 Å². The summed E-state index contributed by atoms with van der Waals surface area (Å²) in [4.78, 5) is 11.2. The zero-order valence-electron chi connectivity index (χ0n) is 9.16. The summed E-state index contributed by atoms with van der Waals surface area (Å²) in [6.45, 7) is 3.48. The molecule has 0 saturated heterocycles. The first kappa shape index (κ1) is 11.5. The van der Waals surface area contributed by atoms with Crippen LogP contribution in [-0.4, -0.2) is 5.78 Å². The van der Waals surface area contributed by atoms with E-state index in [1.165, 1.54) is 6.92 Å². The zero-order chi connectivity index (χ0) is 11.3. The van der Waals surface area contributed by atoms with Gasteiger partial charge in [-0.1, -0.05) is 37.3 Å². The van der Waals surface area contributed by atoms with Gasteiger partial charge in [-0.25, -0.2) is 0 Å². The second-order valence-corrected chi connectivity index (χ2v) is 3.79. The lowest BCUT2D eigenvalue weighted by atomic mass is 9.76. The molecule has 0 aliphatic carbocycles. The molecule has 0 spiro atoms. The Morgan fingerprint density at radius 3 is 2.40 bits per heavy atom. The Morgan fingerprint density at radius 1 is 1.40 bits per heavy atom. The van der Waals surface area contributed by atoms with Gasteiger partial charge in [-0.15, -0.1) is 0 Å². The topological polar surface area (TPSA) is 40.9 Å². The fourth-order valence-electron chi connectivity index (χ4n) is 1.80. The van der Waals surface area contributed by atoms with Gasteiger partial charge < -0.3 is 0 Å². The number of Topliss-reactive ketones (excluding diaryl/α,β-unsaturated/α-hetero) is 1. The highest BCUT2D eigenvalue weighted by Crippen LogP contribution is 2.31. The lowest BCUT2D eigenvalue weighted by Crippen LogP contribution is -2.25. The normalized spacial score (nSPS) is 13.9. The molecule has 0 saturated carbocycles. The van der Waals surface area contributed by atoms with E-state index in [-0.39, 0.29) is 5.78 Å². The van der Waals surface area contributed by atoms with Crippen molar-refractivity contribution in [2.75, 3.05) is 0 Å². The Kier molecular flexibility index (Phi) is 3.62. The van der Waals surface area contributed by atoms with Crippen LogP contribution in [0.3, 0.4) is 0 Å². The Morgan fingerprint density at radius 2 is 2.00 bits per heavy atom. The maximum atomic E-state index is 11.2. The minimum absolute atomic E-state index is 0.0576. The van der Waals surface area contributed by atoms with Gasteiger partial charge in [0.05, 0.1) is 11.5 Å². The molecule has 0 fully saturated rings. The summed E-state index contributed by atoms with van der Waals surface area (Å²) < 4.78 is 0. The summed E-state index contributed by atoms with van der Waals surface area (Å²) in [6, 6.07) is 11.8. The lowest BCUT2D eigenvalue weighted by Gasteiger charge is -2.24. The molecule has 0 aromatic heterocycles. The largest absolute Gasteiger partial charge is 0.300 e. The maximum absolute atomic E-state index is 11.2. The molecule has 1 aromatic rings. The highest BCUT2D eigenvalue weighted by Gasteiger charge is 2.31. The standard InChI is InChI=1S/C13H15NO/c1-3-13(10-14,9-11(2)15)12-7-5-4-6-8-12/h4-8H,3,9H2,1-2H3/t13-/m1/s1. The van der Waals surface area contributed by atoms with Crippen molar-refractivity contribution in [1.29, 1.82) is 5.26 Å². The average Bonchev–Trinajstić information content (AvgIpc) is 2.27. The van der Waals surface area contributed by atoms with Gasteiger partial charge in [0.15, 0.2) is 0 Å². The summed E-state index contributed by atoms with van der Waals surface area (Å²) in [5.74, 6) is 0.0576. The summed E-state index contributed by atoms with van der Waals surface area (Å²) in [5.41, 5.74) is 0.290. The fourth-order valence-corrected chi connectivity index (χ4v) is 1.80. The van der Waals surface area contributed by atoms with Gasteiger partial charge in [-0.05, 0) is 18.9 Å². The minimum atomic E-state index is -0.646. The van der Waals surface area contributed by atoms with Gasteiger partial charge in [0.25, 0.3) is 0 Å². The molecule has 15 heavy (non-hydrogen) atoms. The Balaban J connectivity index is 3.13. The van der Waals surface area contributed by atoms with Crippen LogP contribution < -0.4 is 0 Å². The van der Waals surface area contributed by atoms with E-state index in [1.54, 1.807) is 0 Å². The highest BCUT2D eigenvalue weighted by atomic mass is 16.1. The molecule has 0 unspecified atom stereocenters. The van der Waals surface area contributed by atoms with Gasteiger partial charge in [-0.3, -0.25) is 4.79 Å². The number of nitriles is 1. The van der Waals surface area contributed by atoms with E-state index in [2.05, 4.69) is 6.07 Å². The van der Waals surface area contributed by atoms with Crippen molar-refractivity contribution in [2.24, 2.45) is 0 Å². The van der Waals surface area contributed by atoms with E-state index >= 15 is 0 Å². The molecule has 2 heteroatoms. The zero-order valence-corrected chi connectivity index (χ0v) is 9.16. The first-order chi connectivity index (χ1) is 7.14. The molecule has 1 aromatic carbocycles. The van der Waals surface area contributed by atoms with Crippen molar-refractivity contribution in [2.45, 2.75) is 32.1 Å². The first-order valence-corrected chi connectivity index (χ1v) is 5.11. The van der Waals surface area contributed by atoms with Crippen molar-refractivity contribution < 1.29 is 4.79 Å². The van der Waals surface area contributed by atoms with Crippen LogP contribution >= 0.6 is 0 Å². The van der Waals surface area contributed by atoms with Crippen LogP contribution in [0.25, 0.3) is 0 Å². The number of carbonyl (C=O) groups is 1. The molecular weight excluding hydrogens is 186 g/mol. The van der Waals surface area contributed by atoms with E-state index in [1.807, 2.05) is 37.3 Å². The quantitative estimate of drug-likeness (QED) is 0.751. The lowest BCUT2D eigenvalue weighted by molar-refractivity contribution is -0.117. The number of rotatable bonds is 4. The van der Waals surface area contributed by atoms with Crippen LogP contribution in [0.1, 0.15) is 32.3 Å². The predicted octanol–water partition coefficient (Wildman–Crippen LogP) is 2.84. The van der Waals surface area contributed by atoms with Crippen molar-refractivity contribution in [3.63, 3.8) is 0 Å². The molecule has 0 N–H and O–H groups in total. The highest BCUT2D eigenvalue weighted by molar-refractivity contribution is 5.78. The van der Waals surface area contributed by atoms with E-state index in [0.717, 1.165) is 5.56 Å². The number of nitrogens with zero attached hydrogens (tertiary/aromatic N) is 1. The smallest absolute Gasteiger partial charge is 0.131 e. The summed E-state index contributed by atoms with van der Waals surface area (Å²) in [5, 5.41) is 9.28. The SMILES string of the molecule is CC[C@](C#N)(CC(C)=O)c1ccccc1. The predicted molar refractivity (Wildman–Crippen MR) is 59.3 cm³/mol. The summed E-state index contributed by atoms with van der Waals surface area (Å²) in [6.07, 6.45) is 0.955. The monoisotopic (exact) mass is 201 g/mol. The number of ketones is 1. The van der Waals surface area contributed by atoms with Crippen LogP contribution in [0.5, 0.6) is 0 Å². The van der Waals surface area contributed by atoms with Gasteiger partial charge in [0, 0.05) is 6.42 Å². The molecule has 1 rings (SSSR count). The molecule has 0 bridgehead atoms. The Labute approximate surface area is 90.5 Å². The third-order valence-corrected chi connectivity index (χ3v) is 2.69. The van der Waals surface area contributed by atoms with Crippen LogP contribution in [0.4, 0.5) is 0 Å². The molecule has 2 nitrogen and oxygen atoms in total. The Bertz CT molecular complexity index is 377. The van der Waals surface area contributed by atoms with Crippen molar-refractivity contribution in [1.82, 2.24) is 0 Å². The number of benzene rings is 1. The molecule has 0 aliphatic rings. The first-order valence-electron chi connectivity index (χ1n) is 5.11. The van der Waals surface area contributed by atoms with Crippen LogP contribution in [0.15, 0.2) is 30.3 Å². The molecule has 78 valence electrons. The van der Waals surface area contributed by atoms with E-state index in [4.69, 9.17) is 0 Å². The van der Waals surface area contributed by atoms with Gasteiger partial charge >= 0.3 is 0 Å². The summed E-state index contributed by atoms with van der Waals surface area (Å²) >= 11 is 0. The Hall–Kier alpha value is -1.62. The number of hydrogen-bond donors (Lipinski definition) is 0. The van der Waals surface area contributed by atoms with Crippen molar-refractivity contribution in [3.05, 3.63) is 35.9 Å². The van der Waals surface area contributed by atoms with Crippen LogP contribution in [0.2, 0.25) is 0 Å². The minimum Gasteiger partial charge on any atom is -0.300 e. The molecular formula is C13H15NO. The second-order valence-electron chi connectivity index (χ2n) is 3.79. The third kappa shape index (κ3) is 2.44. The van der Waals surface area contributed by atoms with Crippen LogP contribution in [0, 0.1) is 11.3 Å². The average molecular weight is 201 g/mol. The molecule has 0 heterocycles. The third-order valence-electron chi connectivity index (χ3n) is 2.69. The molecule has 0 radical (unpaired) electrons. The number of hydrogen-bond acceptors (Lipinski definition) is 2. The summed E-state index contributed by atoms with van der Waals surface area (Å²) in [7, 11) is 0. The van der Waals surface area contributed by atoms with Gasteiger partial charge in [0.2, 0.25) is 0 Å². The maximum Gasteiger partial charge on any atom is 0.131 e. The van der Waals surface area contributed by atoms with E-state index < -0.39 is 5.41 Å². The van der Waals surface area contributed by atoms with E-state index in [9.17, 15) is 10.1 Å². The molecule has 0 amide bonds. The van der Waals surface area contributed by atoms with Crippen LogP contribution in [-0.2, 0) is 10.2 Å². The van der Waals surface area contributed by atoms with Gasteiger partial charge in [0.1, 0.15) is 5.78 Å².